The third-order valence-electron chi connectivity index (χ3n) is 2.38. The maximum absolute atomic E-state index is 10.8. The van der Waals surface area contributed by atoms with Crippen LogP contribution in [0.2, 0.25) is 0 Å². The molecular weight excluding hydrogens is 306 g/mol. The maximum atomic E-state index is 10.8. The summed E-state index contributed by atoms with van der Waals surface area (Å²) in [6, 6.07) is 0.933. The van der Waals surface area contributed by atoms with Crippen molar-refractivity contribution < 1.29 is 35.1 Å². The van der Waals surface area contributed by atoms with Crippen molar-refractivity contribution in [2.24, 2.45) is 5.73 Å². The third kappa shape index (κ3) is 9.20. The van der Waals surface area contributed by atoms with Crippen LogP contribution in [-0.2, 0) is 11.2 Å². The van der Waals surface area contributed by atoms with Gasteiger partial charge >= 0.3 is 5.97 Å². The predicted molar refractivity (Wildman–Crippen MR) is 85.0 cm³/mol. The van der Waals surface area contributed by atoms with E-state index in [1.54, 1.807) is 0 Å². The number of hydrogen-bond donors (Lipinski definition) is 6. The first-order chi connectivity index (χ1) is 10.6. The zero-order valence-corrected chi connectivity index (χ0v) is 13.5. The lowest BCUT2D eigenvalue weighted by Crippen LogP contribution is -2.02. The summed E-state index contributed by atoms with van der Waals surface area (Å²) in [5.41, 5.74) is 4.98. The fraction of sp³-hybridized carbons (Fsp3) is 0.467. The number of hydrogen-bond acceptors (Lipinski definition) is 6. The molecule has 0 spiro atoms. The van der Waals surface area contributed by atoms with Gasteiger partial charge in [0.15, 0.2) is 11.5 Å². The molecule has 132 valence electrons. The van der Waals surface area contributed by atoms with E-state index in [4.69, 9.17) is 25.8 Å². The largest absolute Gasteiger partial charge is 0.504 e. The fourth-order valence-corrected chi connectivity index (χ4v) is 1.38. The normalized spacial score (nSPS) is 9.04. The average molecular weight is 331 g/mol. The van der Waals surface area contributed by atoms with E-state index in [0.717, 1.165) is 26.0 Å². The van der Waals surface area contributed by atoms with Crippen molar-refractivity contribution in [1.29, 1.82) is 0 Å². The summed E-state index contributed by atoms with van der Waals surface area (Å²) < 4.78 is 0. The highest BCUT2D eigenvalue weighted by molar-refractivity contribution is 5.91. The van der Waals surface area contributed by atoms with Crippen molar-refractivity contribution in [2.45, 2.75) is 40.0 Å². The van der Waals surface area contributed by atoms with E-state index in [1.807, 2.05) is 6.92 Å². The fourth-order valence-electron chi connectivity index (χ4n) is 1.38. The quantitative estimate of drug-likeness (QED) is 0.456. The molecule has 0 aliphatic heterocycles. The van der Waals surface area contributed by atoms with Crippen molar-refractivity contribution in [3.05, 3.63) is 17.2 Å². The molecule has 0 bridgehead atoms. The van der Waals surface area contributed by atoms with Gasteiger partial charge in [0.1, 0.15) is 0 Å². The Balaban J connectivity index is 0. The molecule has 0 unspecified atom stereocenters. The monoisotopic (exact) mass is 331 g/mol. The van der Waals surface area contributed by atoms with Gasteiger partial charge in [-0.15, -0.1) is 0 Å². The highest BCUT2D eigenvalue weighted by Gasteiger charge is 2.19. The summed E-state index contributed by atoms with van der Waals surface area (Å²) in [6.45, 7) is 5.77. The molecule has 0 aliphatic carbocycles. The van der Waals surface area contributed by atoms with Gasteiger partial charge in [0.05, 0.1) is 5.56 Å². The number of aromatic carboxylic acids is 1. The van der Waals surface area contributed by atoms with Gasteiger partial charge < -0.3 is 31.3 Å². The number of rotatable bonds is 4. The molecule has 0 aliphatic rings. The van der Waals surface area contributed by atoms with E-state index in [-0.39, 0.29) is 11.1 Å². The Morgan fingerprint density at radius 3 is 1.78 bits per heavy atom. The standard InChI is InChI=1S/C10H12O5.C3H9N.C2H4O2/c1-2-3-5-6(10(14)15)4-7(11)9(13)8(5)12;1-2-3-4;1-2(3)4/h4,11-13H,2-3H2,1H3,(H,14,15);2-4H2,1H3;1H3,(H,3,4). The molecule has 0 amide bonds. The van der Waals surface area contributed by atoms with Gasteiger partial charge in [0, 0.05) is 12.5 Å². The Kier molecular flexibility index (Phi) is 12.0. The van der Waals surface area contributed by atoms with Crippen molar-refractivity contribution in [2.75, 3.05) is 6.54 Å². The Bertz CT molecular complexity index is 509. The minimum Gasteiger partial charge on any atom is -0.504 e. The number of carbonyl (C=O) groups is 2. The molecule has 8 heteroatoms. The average Bonchev–Trinajstić information content (AvgIpc) is 2.47. The van der Waals surface area contributed by atoms with Crippen LogP contribution in [0.15, 0.2) is 6.07 Å². The van der Waals surface area contributed by atoms with Crippen LogP contribution in [0, 0.1) is 0 Å². The predicted octanol–water partition coefficient (Wildman–Crippen LogP) is 1.90. The lowest BCUT2D eigenvalue weighted by atomic mass is 10.0. The first-order valence-electron chi connectivity index (χ1n) is 7.03. The Morgan fingerprint density at radius 1 is 1.04 bits per heavy atom. The van der Waals surface area contributed by atoms with E-state index < -0.39 is 29.2 Å². The summed E-state index contributed by atoms with van der Waals surface area (Å²) in [7, 11) is 0. The second-order valence-corrected chi connectivity index (χ2v) is 4.48. The Hall–Kier alpha value is -2.48. The maximum Gasteiger partial charge on any atom is 0.336 e. The topological polar surface area (TPSA) is 161 Å². The van der Waals surface area contributed by atoms with Crippen molar-refractivity contribution in [3.63, 3.8) is 0 Å². The van der Waals surface area contributed by atoms with Crippen LogP contribution >= 0.6 is 0 Å². The summed E-state index contributed by atoms with van der Waals surface area (Å²) in [4.78, 5) is 19.8. The molecule has 0 saturated carbocycles. The second kappa shape index (κ2) is 12.1. The molecule has 1 aromatic carbocycles. The zero-order chi connectivity index (χ0) is 18.6. The number of carboxylic acids is 2. The van der Waals surface area contributed by atoms with Gasteiger partial charge in [-0.2, -0.15) is 0 Å². The van der Waals surface area contributed by atoms with Gasteiger partial charge in [0.25, 0.3) is 5.97 Å². The van der Waals surface area contributed by atoms with Crippen LogP contribution < -0.4 is 5.73 Å². The van der Waals surface area contributed by atoms with Crippen LogP contribution in [0.25, 0.3) is 0 Å². The smallest absolute Gasteiger partial charge is 0.336 e. The van der Waals surface area contributed by atoms with Gasteiger partial charge in [-0.3, -0.25) is 4.79 Å². The summed E-state index contributed by atoms with van der Waals surface area (Å²) >= 11 is 0. The Morgan fingerprint density at radius 2 is 1.48 bits per heavy atom. The van der Waals surface area contributed by atoms with Crippen molar-refractivity contribution in [1.82, 2.24) is 0 Å². The molecule has 1 rings (SSSR count). The van der Waals surface area contributed by atoms with Crippen LogP contribution in [0.5, 0.6) is 17.2 Å². The van der Waals surface area contributed by atoms with Crippen LogP contribution in [0.1, 0.15) is 49.5 Å². The van der Waals surface area contributed by atoms with Gasteiger partial charge in [-0.1, -0.05) is 20.3 Å². The van der Waals surface area contributed by atoms with Crippen molar-refractivity contribution >= 4 is 11.9 Å². The number of phenolic OH excluding ortho intramolecular Hbond substituents is 3. The van der Waals surface area contributed by atoms with Crippen LogP contribution in [0.4, 0.5) is 0 Å². The van der Waals surface area contributed by atoms with E-state index in [2.05, 4.69) is 6.92 Å². The molecule has 0 atom stereocenters. The first kappa shape index (κ1) is 22.8. The van der Waals surface area contributed by atoms with Gasteiger partial charge in [0.2, 0.25) is 5.75 Å². The molecular formula is C15H25NO7. The van der Waals surface area contributed by atoms with Gasteiger partial charge in [-0.25, -0.2) is 4.79 Å². The number of aliphatic carboxylic acids is 1. The molecule has 0 radical (unpaired) electrons. The van der Waals surface area contributed by atoms with Gasteiger partial charge in [-0.05, 0) is 25.5 Å². The number of carboxylic acid groups (broad SMARTS) is 2. The van der Waals surface area contributed by atoms with Crippen LogP contribution in [0.3, 0.4) is 0 Å². The molecule has 0 heterocycles. The lowest BCUT2D eigenvalue weighted by Gasteiger charge is -2.10. The molecule has 0 saturated heterocycles. The van der Waals surface area contributed by atoms with E-state index >= 15 is 0 Å². The molecule has 0 aromatic heterocycles. The molecule has 8 nitrogen and oxygen atoms in total. The highest BCUT2D eigenvalue weighted by atomic mass is 16.4. The van der Waals surface area contributed by atoms with Crippen LogP contribution in [-0.4, -0.2) is 44.0 Å². The third-order valence-corrected chi connectivity index (χ3v) is 2.38. The minimum absolute atomic E-state index is 0.139. The highest BCUT2D eigenvalue weighted by Crippen LogP contribution is 2.40. The number of phenols is 3. The molecule has 1 aromatic rings. The number of aromatic hydroxyl groups is 3. The SMILES string of the molecule is CC(=O)O.CCCN.CCCc1c(C(=O)O)cc(O)c(O)c1O. The van der Waals surface area contributed by atoms with E-state index in [1.165, 1.54) is 0 Å². The first-order valence-corrected chi connectivity index (χ1v) is 7.03. The number of nitrogens with two attached hydrogens (primary N) is 1. The van der Waals surface area contributed by atoms with E-state index in [9.17, 15) is 15.0 Å². The minimum atomic E-state index is -1.25. The second-order valence-electron chi connectivity index (χ2n) is 4.48. The van der Waals surface area contributed by atoms with Crippen molar-refractivity contribution in [3.8, 4) is 17.2 Å². The lowest BCUT2D eigenvalue weighted by molar-refractivity contribution is -0.134. The zero-order valence-electron chi connectivity index (χ0n) is 13.5. The molecule has 0 fully saturated rings. The number of benzene rings is 1. The van der Waals surface area contributed by atoms with E-state index in [0.29, 0.717) is 12.8 Å². The molecule has 23 heavy (non-hydrogen) atoms. The molecule has 7 N–H and O–H groups in total. The summed E-state index contributed by atoms with van der Waals surface area (Å²) in [5, 5.41) is 44.1. The summed E-state index contributed by atoms with van der Waals surface area (Å²) in [6.07, 6.45) is 2.04. The Labute approximate surface area is 134 Å². The summed E-state index contributed by atoms with van der Waals surface area (Å²) in [5.74, 6) is -3.95.